The van der Waals surface area contributed by atoms with Crippen molar-refractivity contribution < 1.29 is 23.3 Å². The van der Waals surface area contributed by atoms with Crippen molar-refractivity contribution in [3.05, 3.63) is 30.3 Å². The number of esters is 2. The van der Waals surface area contributed by atoms with Crippen molar-refractivity contribution in [1.29, 1.82) is 0 Å². The van der Waals surface area contributed by atoms with Crippen LogP contribution in [0.25, 0.3) is 0 Å². The summed E-state index contributed by atoms with van der Waals surface area (Å²) in [6.45, 7) is 3.88. The van der Waals surface area contributed by atoms with E-state index in [0.717, 1.165) is 0 Å². The number of hydrogen-bond donors (Lipinski definition) is 0. The van der Waals surface area contributed by atoms with Crippen LogP contribution in [0.3, 0.4) is 0 Å². The zero-order chi connectivity index (χ0) is 18.4. The van der Waals surface area contributed by atoms with Crippen molar-refractivity contribution in [2.45, 2.75) is 42.2 Å². The Kier molecular flexibility index (Phi) is 7.44. The molecule has 0 spiro atoms. The zero-order valence-electron chi connectivity index (χ0n) is 14.4. The summed E-state index contributed by atoms with van der Waals surface area (Å²) in [4.78, 5) is 25.3. The summed E-state index contributed by atoms with van der Waals surface area (Å²) in [5, 5.41) is -0.912. The molecule has 1 aromatic rings. The van der Waals surface area contributed by atoms with E-state index in [1.165, 1.54) is 0 Å². The first-order chi connectivity index (χ1) is 12.0. The molecular weight excluding hydrogens is 364 g/mol. The van der Waals surface area contributed by atoms with Gasteiger partial charge in [0.05, 0.1) is 41.1 Å². The van der Waals surface area contributed by atoms with Gasteiger partial charge in [-0.15, -0.1) is 11.6 Å². The number of halogens is 1. The summed E-state index contributed by atoms with van der Waals surface area (Å²) >= 11 is 6.46. The van der Waals surface area contributed by atoms with Crippen LogP contribution < -0.4 is 0 Å². The van der Waals surface area contributed by atoms with Crippen LogP contribution >= 0.6 is 11.6 Å². The molecule has 0 N–H and O–H groups in total. The molecule has 7 heteroatoms. The number of carbonyl (C=O) groups is 2. The minimum Gasteiger partial charge on any atom is -0.466 e. The fraction of sp³-hybridized carbons (Fsp3) is 0.556. The third-order valence-corrected chi connectivity index (χ3v) is 6.72. The second-order valence-corrected chi connectivity index (χ2v) is 8.09. The maximum atomic E-state index is 12.9. The maximum absolute atomic E-state index is 12.9. The maximum Gasteiger partial charge on any atom is 0.309 e. The summed E-state index contributed by atoms with van der Waals surface area (Å²) < 4.78 is 23.1. The fourth-order valence-electron chi connectivity index (χ4n) is 3.09. The normalized spacial score (nSPS) is 27.3. The lowest BCUT2D eigenvalue weighted by atomic mass is 9.78. The van der Waals surface area contributed by atoms with Crippen LogP contribution in [0, 0.1) is 11.8 Å². The summed E-state index contributed by atoms with van der Waals surface area (Å²) in [5.41, 5.74) is 0. The van der Waals surface area contributed by atoms with E-state index in [4.69, 9.17) is 21.1 Å². The van der Waals surface area contributed by atoms with Crippen LogP contribution in [-0.4, -0.2) is 40.0 Å². The van der Waals surface area contributed by atoms with Crippen molar-refractivity contribution in [3.8, 4) is 0 Å². The number of ether oxygens (including phenoxy) is 2. The third kappa shape index (κ3) is 4.82. The second kappa shape index (κ2) is 9.34. The molecule has 5 nitrogen and oxygen atoms in total. The number of carbonyl (C=O) groups excluding carboxylic acids is 2. The van der Waals surface area contributed by atoms with Gasteiger partial charge in [0.1, 0.15) is 0 Å². The Morgan fingerprint density at radius 1 is 1.04 bits per heavy atom. The molecule has 0 heterocycles. The van der Waals surface area contributed by atoms with E-state index >= 15 is 0 Å². The number of hydrogen-bond acceptors (Lipinski definition) is 5. The number of rotatable bonds is 6. The van der Waals surface area contributed by atoms with Crippen molar-refractivity contribution in [2.24, 2.45) is 11.8 Å². The Hall–Kier alpha value is -1.40. The topological polar surface area (TPSA) is 69.7 Å². The first-order valence-electron chi connectivity index (χ1n) is 8.42. The molecule has 0 aromatic heterocycles. The van der Waals surface area contributed by atoms with Gasteiger partial charge in [-0.3, -0.25) is 13.8 Å². The van der Waals surface area contributed by atoms with Crippen molar-refractivity contribution in [3.63, 3.8) is 0 Å². The Balaban J connectivity index is 2.24. The molecule has 0 bridgehead atoms. The van der Waals surface area contributed by atoms with Crippen LogP contribution in [-0.2, 0) is 29.9 Å². The molecule has 0 unspecified atom stereocenters. The summed E-state index contributed by atoms with van der Waals surface area (Å²) in [7, 11) is -1.36. The lowest BCUT2D eigenvalue weighted by molar-refractivity contribution is -0.162. The predicted octanol–water partition coefficient (Wildman–Crippen LogP) is 2.92. The molecule has 1 aliphatic rings. The molecule has 138 valence electrons. The Morgan fingerprint density at radius 3 is 2.08 bits per heavy atom. The average molecular weight is 387 g/mol. The van der Waals surface area contributed by atoms with Gasteiger partial charge in [-0.05, 0) is 38.8 Å². The minimum atomic E-state index is -1.36. The Morgan fingerprint density at radius 2 is 1.56 bits per heavy atom. The Labute approximate surface area is 155 Å². The Bertz CT molecular complexity index is 621. The number of alkyl halides is 1. The molecule has 25 heavy (non-hydrogen) atoms. The van der Waals surface area contributed by atoms with Gasteiger partial charge in [0, 0.05) is 10.3 Å². The standard InChI is InChI=1S/C18H23ClO5S/c1-3-23-17(20)13-10-15(19)16(11-14(13)18(21)24-4-2)25(22)12-8-6-5-7-9-12/h5-9,13-16H,3-4,10-11H2,1-2H3/t13-,14-,15+,16-,25-/m0/s1. The lowest BCUT2D eigenvalue weighted by Gasteiger charge is -2.36. The van der Waals surface area contributed by atoms with E-state index in [9.17, 15) is 13.8 Å². The van der Waals surface area contributed by atoms with E-state index in [-0.39, 0.29) is 26.1 Å². The lowest BCUT2D eigenvalue weighted by Crippen LogP contribution is -2.45. The van der Waals surface area contributed by atoms with Crippen LogP contribution in [0.4, 0.5) is 0 Å². The van der Waals surface area contributed by atoms with Crippen molar-refractivity contribution in [2.75, 3.05) is 13.2 Å². The first-order valence-corrected chi connectivity index (χ1v) is 10.1. The van der Waals surface area contributed by atoms with Crippen molar-refractivity contribution >= 4 is 34.3 Å². The SMILES string of the molecule is CCOC(=O)[C@H]1C[C@@H](Cl)[C@@H]([S@@](=O)c2ccccc2)C[C@@H]1C(=O)OCC. The quantitative estimate of drug-likeness (QED) is 0.555. The van der Waals surface area contributed by atoms with Crippen LogP contribution in [0.2, 0.25) is 0 Å². The molecule has 1 aromatic carbocycles. The first kappa shape index (κ1) is 19.9. The van der Waals surface area contributed by atoms with Crippen LogP contribution in [0.5, 0.6) is 0 Å². The monoisotopic (exact) mass is 386 g/mol. The fourth-order valence-corrected chi connectivity index (χ4v) is 5.20. The number of benzene rings is 1. The van der Waals surface area contributed by atoms with Gasteiger partial charge in [0.15, 0.2) is 0 Å². The van der Waals surface area contributed by atoms with Gasteiger partial charge in [-0.25, -0.2) is 0 Å². The van der Waals surface area contributed by atoms with Gasteiger partial charge >= 0.3 is 11.9 Å². The molecule has 1 saturated carbocycles. The van der Waals surface area contributed by atoms with Crippen LogP contribution in [0.15, 0.2) is 35.2 Å². The van der Waals surface area contributed by atoms with E-state index in [1.807, 2.05) is 18.2 Å². The van der Waals surface area contributed by atoms with Gasteiger partial charge in [0.25, 0.3) is 0 Å². The van der Waals surface area contributed by atoms with Gasteiger partial charge in [-0.1, -0.05) is 18.2 Å². The largest absolute Gasteiger partial charge is 0.466 e. The van der Waals surface area contributed by atoms with E-state index in [2.05, 4.69) is 0 Å². The van der Waals surface area contributed by atoms with E-state index < -0.39 is 45.2 Å². The molecule has 2 rings (SSSR count). The molecule has 0 amide bonds. The highest BCUT2D eigenvalue weighted by molar-refractivity contribution is 7.85. The van der Waals surface area contributed by atoms with E-state index in [0.29, 0.717) is 4.90 Å². The summed E-state index contributed by atoms with van der Waals surface area (Å²) in [6.07, 6.45) is 0.477. The zero-order valence-corrected chi connectivity index (χ0v) is 15.9. The molecule has 1 fully saturated rings. The van der Waals surface area contributed by atoms with Gasteiger partial charge in [0.2, 0.25) is 0 Å². The van der Waals surface area contributed by atoms with Crippen molar-refractivity contribution in [1.82, 2.24) is 0 Å². The molecule has 0 saturated heterocycles. The molecule has 0 radical (unpaired) electrons. The highest BCUT2D eigenvalue weighted by Gasteiger charge is 2.46. The molecular formula is C18H23ClO5S. The highest BCUT2D eigenvalue weighted by atomic mass is 35.5. The third-order valence-electron chi connectivity index (χ3n) is 4.28. The van der Waals surface area contributed by atoms with Crippen LogP contribution in [0.1, 0.15) is 26.7 Å². The smallest absolute Gasteiger partial charge is 0.309 e. The average Bonchev–Trinajstić information content (AvgIpc) is 2.62. The van der Waals surface area contributed by atoms with Gasteiger partial charge < -0.3 is 9.47 Å². The molecule has 5 atom stereocenters. The summed E-state index contributed by atoms with van der Waals surface area (Å²) in [5.74, 6) is -2.26. The molecule has 0 aliphatic heterocycles. The predicted molar refractivity (Wildman–Crippen MR) is 95.8 cm³/mol. The summed E-state index contributed by atoms with van der Waals surface area (Å²) in [6, 6.07) is 9.01. The van der Waals surface area contributed by atoms with E-state index in [1.54, 1.807) is 26.0 Å². The molecule has 1 aliphatic carbocycles. The van der Waals surface area contributed by atoms with Gasteiger partial charge in [-0.2, -0.15) is 0 Å². The minimum absolute atomic E-state index is 0.224. The highest BCUT2D eigenvalue weighted by Crippen LogP contribution is 2.38. The second-order valence-electron chi connectivity index (χ2n) is 5.85.